The average Bonchev–Trinajstić information content (AvgIpc) is 3.04. The predicted molar refractivity (Wildman–Crippen MR) is 94.5 cm³/mol. The van der Waals surface area contributed by atoms with E-state index in [-0.39, 0.29) is 10.3 Å². The highest BCUT2D eigenvalue weighted by Crippen LogP contribution is 2.44. The zero-order valence-electron chi connectivity index (χ0n) is 12.8. The van der Waals surface area contributed by atoms with Gasteiger partial charge in [-0.2, -0.15) is 0 Å². The Kier molecular flexibility index (Phi) is 3.15. The van der Waals surface area contributed by atoms with Crippen LogP contribution in [0, 0.1) is 0 Å². The molecule has 0 radical (unpaired) electrons. The molecule has 0 amide bonds. The summed E-state index contributed by atoms with van der Waals surface area (Å²) in [6, 6.07) is 0. The van der Waals surface area contributed by atoms with Crippen LogP contribution in [0.15, 0.2) is 9.95 Å². The van der Waals surface area contributed by atoms with Crippen LogP contribution < -0.4 is 5.56 Å². The molecule has 1 aliphatic rings. The fraction of sp³-hybridized carbons (Fsp3) is 0.500. The van der Waals surface area contributed by atoms with Gasteiger partial charge in [0.05, 0.1) is 5.39 Å². The first-order chi connectivity index (χ1) is 10.4. The molecule has 3 aromatic rings. The number of hydrogen-bond acceptors (Lipinski definition) is 6. The molecule has 5 nitrogen and oxygen atoms in total. The second-order valence-electron chi connectivity index (χ2n) is 6.10. The molecule has 1 aliphatic heterocycles. The molecule has 0 aliphatic carbocycles. The lowest BCUT2D eigenvalue weighted by Crippen LogP contribution is -2.25. The van der Waals surface area contributed by atoms with E-state index in [1.54, 1.807) is 34.7 Å². The van der Waals surface area contributed by atoms with E-state index in [1.807, 2.05) is 22.4 Å². The summed E-state index contributed by atoms with van der Waals surface area (Å²) in [5, 5.41) is 10.1. The summed E-state index contributed by atoms with van der Waals surface area (Å²) < 4.78 is 3.83. The van der Waals surface area contributed by atoms with Crippen molar-refractivity contribution in [3.63, 3.8) is 0 Å². The molecule has 0 fully saturated rings. The smallest absolute Gasteiger partial charge is 0.263 e. The Bertz CT molecular complexity index is 966. The van der Waals surface area contributed by atoms with Gasteiger partial charge in [-0.3, -0.25) is 9.36 Å². The lowest BCUT2D eigenvalue weighted by molar-refractivity contribution is 0.699. The molecular weight excluding hydrogens is 336 g/mol. The lowest BCUT2D eigenvalue weighted by atomic mass is 10.00. The highest BCUT2D eigenvalue weighted by Gasteiger charge is 2.31. The maximum Gasteiger partial charge on any atom is 0.263 e. The van der Waals surface area contributed by atoms with Crippen molar-refractivity contribution in [2.75, 3.05) is 6.26 Å². The van der Waals surface area contributed by atoms with E-state index in [0.29, 0.717) is 5.78 Å². The van der Waals surface area contributed by atoms with Gasteiger partial charge in [0.2, 0.25) is 5.78 Å². The second kappa shape index (κ2) is 4.75. The van der Waals surface area contributed by atoms with Crippen LogP contribution in [0.1, 0.15) is 24.3 Å². The van der Waals surface area contributed by atoms with Crippen LogP contribution in [0.3, 0.4) is 0 Å². The Balaban J connectivity index is 2.19. The minimum atomic E-state index is 0.0442. The largest absolute Gasteiger partial charge is 0.279 e. The van der Waals surface area contributed by atoms with E-state index in [9.17, 15) is 4.79 Å². The van der Waals surface area contributed by atoms with Crippen LogP contribution in [-0.4, -0.2) is 30.2 Å². The highest BCUT2D eigenvalue weighted by molar-refractivity contribution is 8.00. The third-order valence-electron chi connectivity index (χ3n) is 4.09. The van der Waals surface area contributed by atoms with E-state index in [1.165, 1.54) is 10.4 Å². The van der Waals surface area contributed by atoms with Crippen LogP contribution in [0.4, 0.5) is 0 Å². The zero-order valence-corrected chi connectivity index (χ0v) is 15.3. The van der Waals surface area contributed by atoms with Crippen molar-refractivity contribution in [2.24, 2.45) is 7.05 Å². The molecule has 116 valence electrons. The number of aryl methyl sites for hydroxylation is 1. The molecule has 0 atom stereocenters. The first-order valence-electron chi connectivity index (χ1n) is 6.99. The van der Waals surface area contributed by atoms with Gasteiger partial charge in [-0.15, -0.1) is 33.3 Å². The lowest BCUT2D eigenvalue weighted by Gasteiger charge is -2.28. The van der Waals surface area contributed by atoms with Gasteiger partial charge in [0.15, 0.2) is 5.16 Å². The Labute approximate surface area is 140 Å². The SMILES string of the molecule is CSc1nnc2n(C)c(=O)c3c4c(sc3n12)CSC(C)(C)C4. The van der Waals surface area contributed by atoms with Crippen LogP contribution in [0.2, 0.25) is 0 Å². The topological polar surface area (TPSA) is 52.2 Å². The van der Waals surface area contributed by atoms with Gasteiger partial charge >= 0.3 is 0 Å². The summed E-state index contributed by atoms with van der Waals surface area (Å²) >= 11 is 5.24. The predicted octanol–water partition coefficient (Wildman–Crippen LogP) is 2.93. The fourth-order valence-electron chi connectivity index (χ4n) is 2.96. The standard InChI is InChI=1S/C14H16N4OS3/c1-14(2)5-7-8(6-21-14)22-11-9(7)10(19)17(3)12-15-16-13(20-4)18(11)12/h5-6H2,1-4H3. The molecule has 3 aromatic heterocycles. The minimum Gasteiger partial charge on any atom is -0.279 e. The van der Waals surface area contributed by atoms with Crippen LogP contribution in [0.25, 0.3) is 16.0 Å². The number of thiophene rings is 1. The van der Waals surface area contributed by atoms with Gasteiger partial charge < -0.3 is 0 Å². The van der Waals surface area contributed by atoms with Crippen molar-refractivity contribution >= 4 is 50.9 Å². The average molecular weight is 353 g/mol. The molecule has 22 heavy (non-hydrogen) atoms. The summed E-state index contributed by atoms with van der Waals surface area (Å²) in [6.07, 6.45) is 2.92. The molecule has 0 saturated carbocycles. The summed E-state index contributed by atoms with van der Waals surface area (Å²) in [4.78, 5) is 15.2. The summed E-state index contributed by atoms with van der Waals surface area (Å²) in [6.45, 7) is 4.50. The molecule has 0 saturated heterocycles. The maximum absolute atomic E-state index is 12.9. The van der Waals surface area contributed by atoms with Gasteiger partial charge in [0.25, 0.3) is 5.56 Å². The number of aromatic nitrogens is 4. The first kappa shape index (κ1) is 14.6. The first-order valence-corrected chi connectivity index (χ1v) is 10.0. The van der Waals surface area contributed by atoms with Crippen molar-refractivity contribution in [3.8, 4) is 0 Å². The van der Waals surface area contributed by atoms with E-state index in [4.69, 9.17) is 0 Å². The Morgan fingerprint density at radius 1 is 1.32 bits per heavy atom. The van der Waals surface area contributed by atoms with Crippen molar-refractivity contribution in [3.05, 3.63) is 20.8 Å². The molecule has 0 bridgehead atoms. The minimum absolute atomic E-state index is 0.0442. The Hall–Kier alpha value is -0.990. The second-order valence-corrected chi connectivity index (χ2v) is 9.63. The van der Waals surface area contributed by atoms with E-state index < -0.39 is 0 Å². The van der Waals surface area contributed by atoms with Crippen LogP contribution in [-0.2, 0) is 19.2 Å². The molecule has 0 aromatic carbocycles. The normalized spacial score (nSPS) is 17.3. The number of fused-ring (bicyclic) bond motifs is 5. The number of thioether (sulfide) groups is 2. The van der Waals surface area contributed by atoms with Gasteiger partial charge in [-0.25, -0.2) is 4.40 Å². The molecule has 0 unspecified atom stereocenters. The molecular formula is C14H16N4OS3. The highest BCUT2D eigenvalue weighted by atomic mass is 32.2. The summed E-state index contributed by atoms with van der Waals surface area (Å²) in [5.41, 5.74) is 1.27. The van der Waals surface area contributed by atoms with Crippen LogP contribution in [0.5, 0.6) is 0 Å². The summed E-state index contributed by atoms with van der Waals surface area (Å²) in [5.74, 6) is 1.59. The van der Waals surface area contributed by atoms with Crippen molar-refractivity contribution in [1.29, 1.82) is 0 Å². The van der Waals surface area contributed by atoms with Gasteiger partial charge in [0, 0.05) is 22.4 Å². The Morgan fingerprint density at radius 3 is 2.82 bits per heavy atom. The fourth-order valence-corrected chi connectivity index (χ4v) is 5.96. The van der Waals surface area contributed by atoms with Crippen LogP contribution >= 0.6 is 34.9 Å². The maximum atomic E-state index is 12.9. The van der Waals surface area contributed by atoms with E-state index in [2.05, 4.69) is 24.0 Å². The van der Waals surface area contributed by atoms with Gasteiger partial charge in [0.1, 0.15) is 4.83 Å². The van der Waals surface area contributed by atoms with E-state index in [0.717, 1.165) is 27.5 Å². The van der Waals surface area contributed by atoms with Gasteiger partial charge in [-0.05, 0) is 18.2 Å². The van der Waals surface area contributed by atoms with E-state index >= 15 is 0 Å². The third kappa shape index (κ3) is 1.90. The van der Waals surface area contributed by atoms with Crippen molar-refractivity contribution in [2.45, 2.75) is 35.9 Å². The number of rotatable bonds is 1. The molecule has 4 rings (SSSR count). The molecule has 8 heteroatoms. The molecule has 4 heterocycles. The Morgan fingerprint density at radius 2 is 2.09 bits per heavy atom. The monoisotopic (exact) mass is 352 g/mol. The van der Waals surface area contributed by atoms with Crippen molar-refractivity contribution < 1.29 is 0 Å². The third-order valence-corrected chi connectivity index (χ3v) is 7.48. The van der Waals surface area contributed by atoms with Gasteiger partial charge in [-0.1, -0.05) is 25.6 Å². The molecule has 0 spiro atoms. The number of hydrogen-bond donors (Lipinski definition) is 0. The number of nitrogens with zero attached hydrogens (tertiary/aromatic N) is 4. The molecule has 0 N–H and O–H groups in total. The summed E-state index contributed by atoms with van der Waals surface area (Å²) in [7, 11) is 1.78. The van der Waals surface area contributed by atoms with Crippen molar-refractivity contribution in [1.82, 2.24) is 19.2 Å². The zero-order chi connectivity index (χ0) is 15.6. The quantitative estimate of drug-likeness (QED) is 0.630.